The first-order valence-electron chi connectivity index (χ1n) is 9.87. The molecule has 1 amide bonds. The maximum Gasteiger partial charge on any atom is 0.337 e. The van der Waals surface area contributed by atoms with Crippen LogP contribution in [0.25, 0.3) is 0 Å². The third kappa shape index (κ3) is 5.09. The van der Waals surface area contributed by atoms with Crippen molar-refractivity contribution in [1.29, 1.82) is 5.26 Å². The molecule has 2 N–H and O–H groups in total. The van der Waals surface area contributed by atoms with Gasteiger partial charge in [0.15, 0.2) is 0 Å². The molecule has 0 unspecified atom stereocenters. The van der Waals surface area contributed by atoms with Crippen LogP contribution in [-0.4, -0.2) is 36.8 Å². The summed E-state index contributed by atoms with van der Waals surface area (Å²) < 4.78 is 27.6. The molecular weight excluding hydrogens is 442 g/mol. The molecule has 168 valence electrons. The van der Waals surface area contributed by atoms with E-state index in [1.807, 2.05) is 36.4 Å². The van der Waals surface area contributed by atoms with Crippen LogP contribution in [-0.2, 0) is 10.0 Å². The van der Waals surface area contributed by atoms with Gasteiger partial charge in [0.1, 0.15) is 0 Å². The van der Waals surface area contributed by atoms with Gasteiger partial charge in [-0.3, -0.25) is 4.79 Å². The molecule has 0 aliphatic rings. The Hall–Kier alpha value is -4.00. The third-order valence-electron chi connectivity index (χ3n) is 5.23. The summed E-state index contributed by atoms with van der Waals surface area (Å²) in [6, 6.07) is 19.9. The Bertz CT molecular complexity index is 1350. The van der Waals surface area contributed by atoms with Crippen LogP contribution in [0.5, 0.6) is 0 Å². The summed E-state index contributed by atoms with van der Waals surface area (Å²) in [5, 5.41) is 20.8. The molecule has 0 saturated carbocycles. The second kappa shape index (κ2) is 9.65. The highest BCUT2D eigenvalue weighted by Gasteiger charge is 2.27. The number of carbonyl (C=O) groups is 2. The van der Waals surface area contributed by atoms with Gasteiger partial charge in [-0.15, -0.1) is 0 Å². The number of amides is 1. The van der Waals surface area contributed by atoms with Crippen molar-refractivity contribution < 1.29 is 23.1 Å². The molecule has 0 saturated heterocycles. The van der Waals surface area contributed by atoms with Crippen molar-refractivity contribution in [3.8, 4) is 6.07 Å². The van der Waals surface area contributed by atoms with Crippen LogP contribution in [0.3, 0.4) is 0 Å². The maximum absolute atomic E-state index is 13.2. The predicted molar refractivity (Wildman–Crippen MR) is 122 cm³/mol. The molecule has 1 atom stereocenters. The average Bonchev–Trinajstić information content (AvgIpc) is 2.83. The van der Waals surface area contributed by atoms with Crippen molar-refractivity contribution in [2.45, 2.75) is 17.9 Å². The van der Waals surface area contributed by atoms with Gasteiger partial charge in [0.05, 0.1) is 27.8 Å². The van der Waals surface area contributed by atoms with E-state index < -0.39 is 27.9 Å². The summed E-state index contributed by atoms with van der Waals surface area (Å²) in [4.78, 5) is 24.2. The molecule has 0 aliphatic carbocycles. The number of aromatic carboxylic acids is 1. The van der Waals surface area contributed by atoms with Gasteiger partial charge in [0.25, 0.3) is 5.91 Å². The van der Waals surface area contributed by atoms with E-state index in [1.165, 1.54) is 47.8 Å². The SMILES string of the molecule is C[C@H](c1ccccc1)N(C)S(=O)(=O)c1cccc(C(=O)Nc2ccc(C#N)cc2C(=O)O)c1. The second-order valence-electron chi connectivity index (χ2n) is 7.27. The first-order chi connectivity index (χ1) is 15.6. The topological polar surface area (TPSA) is 128 Å². The Morgan fingerprint density at radius 2 is 1.73 bits per heavy atom. The average molecular weight is 464 g/mol. The van der Waals surface area contributed by atoms with E-state index in [0.29, 0.717) is 0 Å². The highest BCUT2D eigenvalue weighted by molar-refractivity contribution is 7.89. The number of nitrogens with one attached hydrogen (secondary N) is 1. The Kier molecular flexibility index (Phi) is 6.92. The molecule has 0 spiro atoms. The van der Waals surface area contributed by atoms with Crippen molar-refractivity contribution in [3.05, 3.63) is 95.1 Å². The number of hydrogen-bond donors (Lipinski definition) is 2. The van der Waals surface area contributed by atoms with E-state index in [1.54, 1.807) is 6.92 Å². The van der Waals surface area contributed by atoms with Crippen molar-refractivity contribution in [2.24, 2.45) is 0 Å². The van der Waals surface area contributed by atoms with Crippen LogP contribution >= 0.6 is 0 Å². The largest absolute Gasteiger partial charge is 0.478 e. The molecule has 33 heavy (non-hydrogen) atoms. The maximum atomic E-state index is 13.2. The molecular formula is C24H21N3O5S. The number of sulfonamides is 1. The molecule has 0 radical (unpaired) electrons. The van der Waals surface area contributed by atoms with Gasteiger partial charge in [-0.1, -0.05) is 36.4 Å². The summed E-state index contributed by atoms with van der Waals surface area (Å²) in [6.07, 6.45) is 0. The Labute approximate surface area is 191 Å². The second-order valence-corrected chi connectivity index (χ2v) is 9.26. The fourth-order valence-corrected chi connectivity index (χ4v) is 4.60. The van der Waals surface area contributed by atoms with Gasteiger partial charge in [-0.25, -0.2) is 13.2 Å². The summed E-state index contributed by atoms with van der Waals surface area (Å²) in [5.74, 6) is -1.99. The Balaban J connectivity index is 1.88. The minimum atomic E-state index is -3.92. The molecule has 0 aliphatic heterocycles. The van der Waals surface area contributed by atoms with Crippen molar-refractivity contribution >= 4 is 27.6 Å². The standard InChI is InChI=1S/C24H21N3O5S/c1-16(18-7-4-3-5-8-18)27(2)33(31,32)20-10-6-9-19(14-20)23(28)26-22-12-11-17(15-25)13-21(22)24(29)30/h3-14,16H,1-2H3,(H,26,28)(H,29,30)/t16-/m1/s1. The van der Waals surface area contributed by atoms with Gasteiger partial charge < -0.3 is 10.4 Å². The smallest absolute Gasteiger partial charge is 0.337 e. The molecule has 0 aromatic heterocycles. The van der Waals surface area contributed by atoms with E-state index in [0.717, 1.165) is 11.6 Å². The van der Waals surface area contributed by atoms with Crippen molar-refractivity contribution in [2.75, 3.05) is 12.4 Å². The first-order valence-corrected chi connectivity index (χ1v) is 11.3. The molecule has 0 bridgehead atoms. The van der Waals surface area contributed by atoms with E-state index in [9.17, 15) is 23.1 Å². The molecule has 8 nitrogen and oxygen atoms in total. The number of carboxylic acids is 1. The van der Waals surface area contributed by atoms with Crippen molar-refractivity contribution in [1.82, 2.24) is 4.31 Å². The molecule has 0 fully saturated rings. The van der Waals surface area contributed by atoms with E-state index in [4.69, 9.17) is 5.26 Å². The Morgan fingerprint density at radius 1 is 1.03 bits per heavy atom. The van der Waals surface area contributed by atoms with Crippen LogP contribution in [0.2, 0.25) is 0 Å². The number of nitrogens with zero attached hydrogens (tertiary/aromatic N) is 2. The van der Waals surface area contributed by atoms with E-state index in [2.05, 4.69) is 5.32 Å². The van der Waals surface area contributed by atoms with Crippen LogP contribution in [0.15, 0.2) is 77.7 Å². The van der Waals surface area contributed by atoms with Gasteiger partial charge in [-0.2, -0.15) is 9.57 Å². The number of hydrogen-bond acceptors (Lipinski definition) is 5. The lowest BCUT2D eigenvalue weighted by Gasteiger charge is -2.25. The lowest BCUT2D eigenvalue weighted by atomic mass is 10.1. The van der Waals surface area contributed by atoms with Gasteiger partial charge >= 0.3 is 5.97 Å². The summed E-state index contributed by atoms with van der Waals surface area (Å²) >= 11 is 0. The number of carboxylic acid groups (broad SMARTS) is 1. The number of rotatable bonds is 7. The summed E-state index contributed by atoms with van der Waals surface area (Å²) in [5.41, 5.74) is 0.739. The van der Waals surface area contributed by atoms with Crippen molar-refractivity contribution in [3.63, 3.8) is 0 Å². The zero-order valence-corrected chi connectivity index (χ0v) is 18.7. The third-order valence-corrected chi connectivity index (χ3v) is 7.15. The summed E-state index contributed by atoms with van der Waals surface area (Å²) in [7, 11) is -2.45. The number of benzene rings is 3. The lowest BCUT2D eigenvalue weighted by Crippen LogP contribution is -2.30. The molecule has 9 heteroatoms. The van der Waals surface area contributed by atoms with Crippen LogP contribution in [0, 0.1) is 11.3 Å². The van der Waals surface area contributed by atoms with Crippen LogP contribution in [0.1, 0.15) is 44.8 Å². The van der Waals surface area contributed by atoms with Crippen LogP contribution < -0.4 is 5.32 Å². The minimum absolute atomic E-state index is 0.00502. The highest BCUT2D eigenvalue weighted by atomic mass is 32.2. The molecule has 0 heterocycles. The minimum Gasteiger partial charge on any atom is -0.478 e. The number of anilines is 1. The van der Waals surface area contributed by atoms with E-state index in [-0.39, 0.29) is 27.3 Å². The quantitative estimate of drug-likeness (QED) is 0.547. The molecule has 3 aromatic rings. The number of carbonyl (C=O) groups excluding carboxylic acids is 1. The fourth-order valence-electron chi connectivity index (χ4n) is 3.21. The predicted octanol–water partition coefficient (Wildman–Crippen LogP) is 3.89. The zero-order valence-electron chi connectivity index (χ0n) is 17.9. The van der Waals surface area contributed by atoms with E-state index >= 15 is 0 Å². The first kappa shape index (κ1) is 23.7. The molecule has 3 rings (SSSR count). The monoisotopic (exact) mass is 463 g/mol. The van der Waals surface area contributed by atoms with Gasteiger partial charge in [-0.05, 0) is 48.9 Å². The summed E-state index contributed by atoms with van der Waals surface area (Å²) in [6.45, 7) is 1.77. The Morgan fingerprint density at radius 3 is 2.36 bits per heavy atom. The zero-order chi connectivity index (χ0) is 24.2. The lowest BCUT2D eigenvalue weighted by molar-refractivity contribution is 0.0698. The van der Waals surface area contributed by atoms with Crippen LogP contribution in [0.4, 0.5) is 5.69 Å². The van der Waals surface area contributed by atoms with Gasteiger partial charge in [0, 0.05) is 18.7 Å². The van der Waals surface area contributed by atoms with Gasteiger partial charge in [0.2, 0.25) is 10.0 Å². The normalized spacial score (nSPS) is 12.1. The highest BCUT2D eigenvalue weighted by Crippen LogP contribution is 2.26. The fraction of sp³-hybridized carbons (Fsp3) is 0.125. The number of nitriles is 1. The molecule has 3 aromatic carbocycles.